The molecule has 0 aliphatic carbocycles. The predicted molar refractivity (Wildman–Crippen MR) is 55.6 cm³/mol. The first-order chi connectivity index (χ1) is 6.95. The standard InChI is InChI=1S/C11H10N2O/c1-2-4-10-9(3-1)5-7-13(10)11-12-6-8-14-11/h1-5,7H,6,8H2. The van der Waals surface area contributed by atoms with Gasteiger partial charge in [-0.25, -0.2) is 4.99 Å². The second-order valence-electron chi connectivity index (χ2n) is 3.26. The summed E-state index contributed by atoms with van der Waals surface area (Å²) >= 11 is 0. The Hall–Kier alpha value is -1.77. The van der Waals surface area contributed by atoms with Gasteiger partial charge in [0.15, 0.2) is 0 Å². The molecule has 3 rings (SSSR count). The third kappa shape index (κ3) is 1.02. The number of rotatable bonds is 0. The molecule has 0 saturated carbocycles. The van der Waals surface area contributed by atoms with Crippen molar-refractivity contribution in [2.45, 2.75) is 0 Å². The third-order valence-electron chi connectivity index (χ3n) is 2.38. The van der Waals surface area contributed by atoms with Gasteiger partial charge in [-0.3, -0.25) is 4.57 Å². The van der Waals surface area contributed by atoms with Crippen LogP contribution in [-0.4, -0.2) is 23.7 Å². The summed E-state index contributed by atoms with van der Waals surface area (Å²) in [5, 5.41) is 1.21. The van der Waals surface area contributed by atoms with Gasteiger partial charge in [0.2, 0.25) is 0 Å². The Kier molecular flexibility index (Phi) is 1.56. The van der Waals surface area contributed by atoms with E-state index in [4.69, 9.17) is 4.74 Å². The Morgan fingerprint density at radius 3 is 3.00 bits per heavy atom. The van der Waals surface area contributed by atoms with E-state index in [0.29, 0.717) is 12.6 Å². The lowest BCUT2D eigenvalue weighted by atomic mass is 10.2. The molecule has 70 valence electrons. The SMILES string of the molecule is c1ccc2c(c1)ccn2C1=NCCO1. The van der Waals surface area contributed by atoms with Gasteiger partial charge >= 0.3 is 0 Å². The van der Waals surface area contributed by atoms with Gasteiger partial charge in [0, 0.05) is 11.6 Å². The van der Waals surface area contributed by atoms with Crippen molar-refractivity contribution >= 4 is 16.9 Å². The molecule has 0 atom stereocenters. The van der Waals surface area contributed by atoms with Gasteiger partial charge in [-0.05, 0) is 12.1 Å². The van der Waals surface area contributed by atoms with E-state index in [9.17, 15) is 0 Å². The highest BCUT2D eigenvalue weighted by Gasteiger charge is 2.11. The number of fused-ring (bicyclic) bond motifs is 1. The monoisotopic (exact) mass is 186 g/mol. The molecule has 2 heterocycles. The van der Waals surface area contributed by atoms with E-state index in [1.807, 2.05) is 22.9 Å². The number of hydrogen-bond acceptors (Lipinski definition) is 2. The number of aromatic nitrogens is 1. The topological polar surface area (TPSA) is 26.5 Å². The molecule has 0 spiro atoms. The summed E-state index contributed by atoms with van der Waals surface area (Å²) < 4.78 is 7.41. The highest BCUT2D eigenvalue weighted by molar-refractivity contribution is 5.91. The number of hydrogen-bond donors (Lipinski definition) is 0. The molecule has 0 saturated heterocycles. The van der Waals surface area contributed by atoms with Crippen LogP contribution in [0.5, 0.6) is 0 Å². The molecule has 1 aliphatic rings. The van der Waals surface area contributed by atoms with Crippen LogP contribution in [0, 0.1) is 0 Å². The second kappa shape index (κ2) is 2.87. The van der Waals surface area contributed by atoms with E-state index in [0.717, 1.165) is 12.1 Å². The molecular weight excluding hydrogens is 176 g/mol. The van der Waals surface area contributed by atoms with E-state index < -0.39 is 0 Å². The van der Waals surface area contributed by atoms with Crippen LogP contribution >= 0.6 is 0 Å². The first-order valence-corrected chi connectivity index (χ1v) is 4.69. The lowest BCUT2D eigenvalue weighted by molar-refractivity contribution is 0.335. The Bertz CT molecular complexity index is 499. The van der Waals surface area contributed by atoms with E-state index in [1.165, 1.54) is 5.39 Å². The zero-order chi connectivity index (χ0) is 9.38. The number of para-hydroxylation sites is 1. The number of aliphatic imine (C=N–C) groups is 1. The van der Waals surface area contributed by atoms with Crippen LogP contribution in [0.2, 0.25) is 0 Å². The van der Waals surface area contributed by atoms with Gasteiger partial charge in [0.05, 0.1) is 12.1 Å². The smallest absolute Gasteiger partial charge is 0.296 e. The van der Waals surface area contributed by atoms with Crippen molar-refractivity contribution in [1.82, 2.24) is 4.57 Å². The maximum atomic E-state index is 5.42. The fraction of sp³-hybridized carbons (Fsp3) is 0.182. The molecule has 0 N–H and O–H groups in total. The Balaban J connectivity index is 2.21. The normalized spacial score (nSPS) is 15.6. The summed E-state index contributed by atoms with van der Waals surface area (Å²) in [4.78, 5) is 4.29. The maximum Gasteiger partial charge on any atom is 0.296 e. The molecule has 2 aromatic rings. The summed E-state index contributed by atoms with van der Waals surface area (Å²) in [6.45, 7) is 1.46. The van der Waals surface area contributed by atoms with Crippen molar-refractivity contribution in [3.8, 4) is 0 Å². The van der Waals surface area contributed by atoms with Crippen LogP contribution in [0.1, 0.15) is 0 Å². The molecule has 0 fully saturated rings. The fourth-order valence-corrected chi connectivity index (χ4v) is 1.72. The van der Waals surface area contributed by atoms with E-state index in [2.05, 4.69) is 23.2 Å². The number of ether oxygens (including phenoxy) is 1. The molecule has 1 aliphatic heterocycles. The number of nitrogens with zero attached hydrogens (tertiary/aromatic N) is 2. The molecule has 0 unspecified atom stereocenters. The Morgan fingerprint density at radius 2 is 2.14 bits per heavy atom. The molecule has 14 heavy (non-hydrogen) atoms. The molecule has 0 bridgehead atoms. The second-order valence-corrected chi connectivity index (χ2v) is 3.26. The first-order valence-electron chi connectivity index (χ1n) is 4.69. The highest BCUT2D eigenvalue weighted by atomic mass is 16.5. The molecule has 0 amide bonds. The zero-order valence-corrected chi connectivity index (χ0v) is 7.68. The van der Waals surface area contributed by atoms with E-state index >= 15 is 0 Å². The van der Waals surface area contributed by atoms with Crippen LogP contribution in [0.3, 0.4) is 0 Å². The lowest BCUT2D eigenvalue weighted by Gasteiger charge is -2.03. The van der Waals surface area contributed by atoms with Gasteiger partial charge in [0.25, 0.3) is 6.02 Å². The summed E-state index contributed by atoms with van der Waals surface area (Å²) in [6.07, 6.45) is 1.99. The summed E-state index contributed by atoms with van der Waals surface area (Å²) in [7, 11) is 0. The summed E-state index contributed by atoms with van der Waals surface area (Å²) in [6, 6.07) is 11.0. The van der Waals surface area contributed by atoms with Crippen LogP contribution in [-0.2, 0) is 4.74 Å². The zero-order valence-electron chi connectivity index (χ0n) is 7.68. The van der Waals surface area contributed by atoms with Gasteiger partial charge in [0.1, 0.15) is 6.61 Å². The van der Waals surface area contributed by atoms with Crippen molar-refractivity contribution in [2.75, 3.05) is 13.2 Å². The van der Waals surface area contributed by atoms with Crippen molar-refractivity contribution in [1.29, 1.82) is 0 Å². The van der Waals surface area contributed by atoms with Crippen LogP contribution in [0.25, 0.3) is 10.9 Å². The quantitative estimate of drug-likeness (QED) is 0.617. The van der Waals surface area contributed by atoms with Crippen molar-refractivity contribution in [3.63, 3.8) is 0 Å². The van der Waals surface area contributed by atoms with Gasteiger partial charge in [-0.1, -0.05) is 18.2 Å². The van der Waals surface area contributed by atoms with Gasteiger partial charge in [-0.2, -0.15) is 0 Å². The van der Waals surface area contributed by atoms with Gasteiger partial charge in [-0.15, -0.1) is 0 Å². The minimum atomic E-state index is 0.696. The largest absolute Gasteiger partial charge is 0.463 e. The van der Waals surface area contributed by atoms with Crippen LogP contribution in [0.4, 0.5) is 0 Å². The minimum absolute atomic E-state index is 0.696. The molecule has 3 nitrogen and oxygen atoms in total. The van der Waals surface area contributed by atoms with Gasteiger partial charge < -0.3 is 4.74 Å². The average molecular weight is 186 g/mol. The van der Waals surface area contributed by atoms with Crippen molar-refractivity contribution in [3.05, 3.63) is 36.5 Å². The Morgan fingerprint density at radius 1 is 1.21 bits per heavy atom. The maximum absolute atomic E-state index is 5.42. The third-order valence-corrected chi connectivity index (χ3v) is 2.38. The lowest BCUT2D eigenvalue weighted by Crippen LogP contribution is -2.10. The summed E-state index contributed by atoms with van der Waals surface area (Å²) in [5.74, 6) is 0. The summed E-state index contributed by atoms with van der Waals surface area (Å²) in [5.41, 5.74) is 1.15. The van der Waals surface area contributed by atoms with Crippen molar-refractivity contribution < 1.29 is 4.74 Å². The van der Waals surface area contributed by atoms with E-state index in [1.54, 1.807) is 0 Å². The average Bonchev–Trinajstić information content (AvgIpc) is 2.85. The minimum Gasteiger partial charge on any atom is -0.463 e. The van der Waals surface area contributed by atoms with Crippen LogP contribution in [0.15, 0.2) is 41.5 Å². The molecular formula is C11H10N2O. The predicted octanol–water partition coefficient (Wildman–Crippen LogP) is 1.88. The Labute approximate surface area is 81.6 Å². The molecule has 0 radical (unpaired) electrons. The first kappa shape index (κ1) is 7.62. The fourth-order valence-electron chi connectivity index (χ4n) is 1.72. The van der Waals surface area contributed by atoms with E-state index in [-0.39, 0.29) is 0 Å². The molecule has 3 heteroatoms. The molecule has 1 aromatic heterocycles. The van der Waals surface area contributed by atoms with Crippen molar-refractivity contribution in [2.24, 2.45) is 4.99 Å². The molecule has 1 aromatic carbocycles. The van der Waals surface area contributed by atoms with Crippen LogP contribution < -0.4 is 0 Å². The highest BCUT2D eigenvalue weighted by Crippen LogP contribution is 2.16. The number of benzene rings is 1.